The first-order valence-electron chi connectivity index (χ1n) is 5.92. The number of ether oxygens (including phenoxy) is 1. The fourth-order valence-corrected chi connectivity index (χ4v) is 1.49. The monoisotopic (exact) mass is 281 g/mol. The number of carbonyl (C=O) groups excluding carboxylic acids is 1. The zero-order chi connectivity index (χ0) is 15.1. The van der Waals surface area contributed by atoms with Gasteiger partial charge < -0.3 is 20.3 Å². The van der Waals surface area contributed by atoms with Crippen molar-refractivity contribution in [3.05, 3.63) is 29.8 Å². The Morgan fingerprint density at radius 2 is 1.80 bits per heavy atom. The normalized spacial score (nSPS) is 11.4. The molecule has 0 saturated carbocycles. The third-order valence-corrected chi connectivity index (χ3v) is 2.41. The fraction of sp³-hybridized carbons (Fsp3) is 0.308. The van der Waals surface area contributed by atoms with Crippen LogP contribution >= 0.6 is 0 Å². The quantitative estimate of drug-likeness (QED) is 0.679. The molecule has 0 aliphatic heterocycles. The van der Waals surface area contributed by atoms with Gasteiger partial charge in [0.2, 0.25) is 0 Å². The highest BCUT2D eigenvalue weighted by atomic mass is 16.5. The van der Waals surface area contributed by atoms with Gasteiger partial charge in [-0.25, -0.2) is 4.79 Å². The van der Waals surface area contributed by atoms with Crippen LogP contribution < -0.4 is 10.1 Å². The molecule has 7 nitrogen and oxygen atoms in total. The summed E-state index contributed by atoms with van der Waals surface area (Å²) in [5, 5.41) is 19.6. The fourth-order valence-electron chi connectivity index (χ4n) is 1.49. The number of carbonyl (C=O) groups is 3. The molecule has 20 heavy (non-hydrogen) atoms. The van der Waals surface area contributed by atoms with Crippen molar-refractivity contribution in [2.75, 3.05) is 6.61 Å². The van der Waals surface area contributed by atoms with Crippen LogP contribution in [0.4, 0.5) is 0 Å². The molecule has 0 radical (unpaired) electrons. The molecule has 0 saturated heterocycles. The van der Waals surface area contributed by atoms with Gasteiger partial charge in [-0.1, -0.05) is 0 Å². The van der Waals surface area contributed by atoms with Crippen LogP contribution in [0.3, 0.4) is 0 Å². The predicted octanol–water partition coefficient (Wildman–Crippen LogP) is 0.743. The second-order valence-electron chi connectivity index (χ2n) is 3.92. The van der Waals surface area contributed by atoms with Crippen LogP contribution in [0.2, 0.25) is 0 Å². The molecule has 0 aliphatic rings. The van der Waals surface area contributed by atoms with Gasteiger partial charge in [0, 0.05) is 5.56 Å². The molecule has 0 aromatic heterocycles. The molecular weight excluding hydrogens is 266 g/mol. The van der Waals surface area contributed by atoms with Crippen molar-refractivity contribution >= 4 is 17.8 Å². The van der Waals surface area contributed by atoms with Crippen molar-refractivity contribution in [1.29, 1.82) is 0 Å². The van der Waals surface area contributed by atoms with E-state index >= 15 is 0 Å². The first-order valence-corrected chi connectivity index (χ1v) is 5.92. The first kappa shape index (κ1) is 15.5. The number of hydrogen-bond acceptors (Lipinski definition) is 4. The molecule has 1 atom stereocenters. The summed E-state index contributed by atoms with van der Waals surface area (Å²) in [7, 11) is 0. The van der Waals surface area contributed by atoms with E-state index in [2.05, 4.69) is 5.32 Å². The number of nitrogens with one attached hydrogen (secondary N) is 1. The molecule has 0 aliphatic carbocycles. The molecule has 1 amide bonds. The summed E-state index contributed by atoms with van der Waals surface area (Å²) in [5.41, 5.74) is 0.227. The molecule has 0 unspecified atom stereocenters. The van der Waals surface area contributed by atoms with Crippen LogP contribution in [0.15, 0.2) is 24.3 Å². The number of carboxylic acids is 2. The first-order chi connectivity index (χ1) is 9.43. The lowest BCUT2D eigenvalue weighted by atomic mass is 10.1. The summed E-state index contributed by atoms with van der Waals surface area (Å²) < 4.78 is 5.21. The highest BCUT2D eigenvalue weighted by Gasteiger charge is 2.23. The van der Waals surface area contributed by atoms with Crippen molar-refractivity contribution in [2.24, 2.45) is 0 Å². The zero-order valence-corrected chi connectivity index (χ0v) is 10.8. The van der Waals surface area contributed by atoms with Crippen LogP contribution in [0.1, 0.15) is 23.7 Å². The molecule has 0 fully saturated rings. The summed E-state index contributed by atoms with van der Waals surface area (Å²) in [4.78, 5) is 33.2. The van der Waals surface area contributed by atoms with Gasteiger partial charge in [-0.05, 0) is 31.2 Å². The number of rotatable bonds is 7. The Hall–Kier alpha value is -2.57. The Morgan fingerprint density at radius 1 is 1.20 bits per heavy atom. The summed E-state index contributed by atoms with van der Waals surface area (Å²) in [6.07, 6.45) is -0.682. The maximum Gasteiger partial charge on any atom is 0.326 e. The minimum absolute atomic E-state index is 0.227. The Bertz CT molecular complexity index is 496. The Morgan fingerprint density at radius 3 is 2.25 bits per heavy atom. The highest BCUT2D eigenvalue weighted by molar-refractivity contribution is 5.97. The molecule has 0 bridgehead atoms. The van der Waals surface area contributed by atoms with Crippen LogP contribution in [0, 0.1) is 0 Å². The Kier molecular flexibility index (Phi) is 5.52. The number of amides is 1. The van der Waals surface area contributed by atoms with Crippen molar-refractivity contribution in [3.8, 4) is 5.75 Å². The topological polar surface area (TPSA) is 113 Å². The second kappa shape index (κ2) is 7.13. The molecule has 7 heteroatoms. The Labute approximate surface area is 115 Å². The standard InChI is InChI=1S/C13H15NO6/c1-2-20-9-5-3-8(4-6-9)12(17)14-10(13(18)19)7-11(15)16/h3-6,10H,2,7H2,1H3,(H,14,17)(H,15,16)(H,18,19)/t10-/m1/s1. The van der Waals surface area contributed by atoms with Crippen molar-refractivity contribution < 1.29 is 29.3 Å². The van der Waals surface area contributed by atoms with E-state index in [-0.39, 0.29) is 5.56 Å². The van der Waals surface area contributed by atoms with E-state index in [1.807, 2.05) is 6.92 Å². The van der Waals surface area contributed by atoms with Crippen molar-refractivity contribution in [1.82, 2.24) is 5.32 Å². The lowest BCUT2D eigenvalue weighted by Gasteiger charge is -2.12. The maximum absolute atomic E-state index is 11.8. The molecule has 108 valence electrons. The zero-order valence-electron chi connectivity index (χ0n) is 10.8. The van der Waals surface area contributed by atoms with E-state index in [0.717, 1.165) is 0 Å². The lowest BCUT2D eigenvalue weighted by molar-refractivity contribution is -0.145. The van der Waals surface area contributed by atoms with Crippen LogP contribution in [-0.4, -0.2) is 40.7 Å². The summed E-state index contributed by atoms with van der Waals surface area (Å²) in [6.45, 7) is 2.31. The molecular formula is C13H15NO6. The van der Waals surface area contributed by atoms with E-state index in [4.69, 9.17) is 14.9 Å². The van der Waals surface area contributed by atoms with Gasteiger partial charge in [0.25, 0.3) is 5.91 Å². The van der Waals surface area contributed by atoms with Gasteiger partial charge >= 0.3 is 11.9 Å². The minimum atomic E-state index is -1.47. The van der Waals surface area contributed by atoms with Gasteiger partial charge in [0.1, 0.15) is 11.8 Å². The average molecular weight is 281 g/mol. The number of hydrogen-bond donors (Lipinski definition) is 3. The number of benzene rings is 1. The molecule has 3 N–H and O–H groups in total. The van der Waals surface area contributed by atoms with E-state index in [1.54, 1.807) is 12.1 Å². The van der Waals surface area contributed by atoms with Gasteiger partial charge in [0.05, 0.1) is 13.0 Å². The number of carboxylic acid groups (broad SMARTS) is 2. The third-order valence-electron chi connectivity index (χ3n) is 2.41. The second-order valence-corrected chi connectivity index (χ2v) is 3.92. The van der Waals surface area contributed by atoms with Crippen molar-refractivity contribution in [2.45, 2.75) is 19.4 Å². The van der Waals surface area contributed by atoms with Crippen molar-refractivity contribution in [3.63, 3.8) is 0 Å². The van der Waals surface area contributed by atoms with Crippen LogP contribution in [0.5, 0.6) is 5.75 Å². The average Bonchev–Trinajstić information content (AvgIpc) is 2.38. The number of aliphatic carboxylic acids is 2. The summed E-state index contributed by atoms with van der Waals surface area (Å²) in [6, 6.07) is 4.63. The van der Waals surface area contributed by atoms with Gasteiger partial charge in [-0.2, -0.15) is 0 Å². The maximum atomic E-state index is 11.8. The van der Waals surface area contributed by atoms with E-state index in [1.165, 1.54) is 12.1 Å². The Balaban J connectivity index is 2.73. The SMILES string of the molecule is CCOc1ccc(C(=O)N[C@H](CC(=O)O)C(=O)O)cc1. The highest BCUT2D eigenvalue weighted by Crippen LogP contribution is 2.12. The van der Waals surface area contributed by atoms with E-state index in [0.29, 0.717) is 12.4 Å². The smallest absolute Gasteiger partial charge is 0.326 e. The van der Waals surface area contributed by atoms with Crippen LogP contribution in [-0.2, 0) is 9.59 Å². The predicted molar refractivity (Wildman–Crippen MR) is 68.8 cm³/mol. The molecule has 0 heterocycles. The molecule has 1 rings (SSSR count). The van der Waals surface area contributed by atoms with Gasteiger partial charge in [0.15, 0.2) is 0 Å². The molecule has 1 aromatic carbocycles. The van der Waals surface area contributed by atoms with Gasteiger partial charge in [-0.15, -0.1) is 0 Å². The lowest BCUT2D eigenvalue weighted by Crippen LogP contribution is -2.42. The summed E-state index contributed by atoms with van der Waals surface area (Å²) in [5.74, 6) is -2.76. The molecule has 0 spiro atoms. The molecule has 1 aromatic rings. The summed E-state index contributed by atoms with van der Waals surface area (Å²) >= 11 is 0. The largest absolute Gasteiger partial charge is 0.494 e. The third kappa shape index (κ3) is 4.60. The van der Waals surface area contributed by atoms with E-state index < -0.39 is 30.3 Å². The van der Waals surface area contributed by atoms with E-state index in [9.17, 15) is 14.4 Å². The van der Waals surface area contributed by atoms with Crippen LogP contribution in [0.25, 0.3) is 0 Å². The van der Waals surface area contributed by atoms with Gasteiger partial charge in [-0.3, -0.25) is 9.59 Å². The minimum Gasteiger partial charge on any atom is -0.494 e.